The smallest absolute Gasteiger partial charge is 0.256 e. The maximum absolute atomic E-state index is 13.3. The first-order valence-electron chi connectivity index (χ1n) is 9.32. The first kappa shape index (κ1) is 15.2. The fourth-order valence-electron chi connectivity index (χ4n) is 5.04. The number of carbonyl (C=O) groups excluding carboxylic acids is 2. The number of carbonyl (C=O) groups is 2. The van der Waals surface area contributed by atoms with E-state index in [2.05, 4.69) is 11.4 Å². The lowest BCUT2D eigenvalue weighted by molar-refractivity contribution is -0.179. The van der Waals surface area contributed by atoms with Crippen molar-refractivity contribution >= 4 is 17.5 Å². The number of hydrogen-bond acceptors (Lipinski definition) is 4. The topological polar surface area (TPSA) is 61.9 Å². The van der Waals surface area contributed by atoms with Gasteiger partial charge >= 0.3 is 0 Å². The summed E-state index contributed by atoms with van der Waals surface area (Å²) in [6, 6.07) is 5.80. The number of rotatable bonds is 1. The Hall–Kier alpha value is -2.08. The van der Waals surface area contributed by atoms with Gasteiger partial charge in [0.05, 0.1) is 30.3 Å². The first-order valence-corrected chi connectivity index (χ1v) is 9.32. The molecule has 6 heteroatoms. The van der Waals surface area contributed by atoms with Gasteiger partial charge in [-0.1, -0.05) is 12.1 Å². The zero-order chi connectivity index (χ0) is 17.0. The molecule has 2 amide bonds. The highest BCUT2D eigenvalue weighted by Crippen LogP contribution is 2.45. The second kappa shape index (κ2) is 5.46. The van der Waals surface area contributed by atoms with Gasteiger partial charge in [0.25, 0.3) is 5.91 Å². The van der Waals surface area contributed by atoms with Gasteiger partial charge in [-0.15, -0.1) is 0 Å². The molecule has 1 aromatic rings. The molecule has 4 aliphatic rings. The monoisotopic (exact) mass is 341 g/mol. The van der Waals surface area contributed by atoms with Crippen LogP contribution in [0.25, 0.3) is 0 Å². The molecule has 0 saturated carbocycles. The number of fused-ring (bicyclic) bond motifs is 1. The van der Waals surface area contributed by atoms with E-state index < -0.39 is 5.72 Å². The summed E-state index contributed by atoms with van der Waals surface area (Å²) in [7, 11) is 0. The van der Waals surface area contributed by atoms with Crippen molar-refractivity contribution in [3.63, 3.8) is 0 Å². The molecule has 0 aromatic heterocycles. The summed E-state index contributed by atoms with van der Waals surface area (Å²) in [5.74, 6) is 0.146. The third-order valence-electron chi connectivity index (χ3n) is 6.18. The van der Waals surface area contributed by atoms with Gasteiger partial charge in [-0.05, 0) is 30.9 Å². The molecule has 2 atom stereocenters. The van der Waals surface area contributed by atoms with Crippen LogP contribution in [-0.2, 0) is 16.0 Å². The number of anilines is 1. The van der Waals surface area contributed by atoms with Crippen LogP contribution in [0.2, 0.25) is 0 Å². The highest BCUT2D eigenvalue weighted by atomic mass is 16.5. The summed E-state index contributed by atoms with van der Waals surface area (Å²) in [4.78, 5) is 29.6. The van der Waals surface area contributed by atoms with E-state index in [4.69, 9.17) is 4.74 Å². The summed E-state index contributed by atoms with van der Waals surface area (Å²) >= 11 is 0. The number of likely N-dealkylation sites (tertiary alicyclic amines) is 1. The largest absolute Gasteiger partial charge is 0.384 e. The second-order valence-electron chi connectivity index (χ2n) is 7.43. The number of benzene rings is 1. The van der Waals surface area contributed by atoms with Crippen molar-refractivity contribution in [1.29, 1.82) is 0 Å². The maximum Gasteiger partial charge on any atom is 0.256 e. The second-order valence-corrected chi connectivity index (χ2v) is 7.43. The van der Waals surface area contributed by atoms with Crippen molar-refractivity contribution in [3.8, 4) is 0 Å². The first-order chi connectivity index (χ1) is 12.2. The Morgan fingerprint density at radius 2 is 2.20 bits per heavy atom. The van der Waals surface area contributed by atoms with Gasteiger partial charge in [-0.25, -0.2) is 0 Å². The normalized spacial score (nSPS) is 30.6. The van der Waals surface area contributed by atoms with Crippen LogP contribution in [0.1, 0.15) is 41.6 Å². The molecule has 1 spiro atoms. The minimum absolute atomic E-state index is 0.0250. The molecular weight excluding hydrogens is 318 g/mol. The Balaban J connectivity index is 1.49. The molecule has 0 unspecified atom stereocenters. The molecule has 6 nitrogen and oxygen atoms in total. The van der Waals surface area contributed by atoms with Gasteiger partial charge < -0.3 is 19.9 Å². The van der Waals surface area contributed by atoms with Crippen LogP contribution in [0.15, 0.2) is 18.2 Å². The molecule has 1 aromatic carbocycles. The predicted octanol–water partition coefficient (Wildman–Crippen LogP) is 1.61. The van der Waals surface area contributed by atoms with Crippen molar-refractivity contribution in [2.75, 3.05) is 31.6 Å². The summed E-state index contributed by atoms with van der Waals surface area (Å²) in [6.45, 7) is 2.97. The summed E-state index contributed by atoms with van der Waals surface area (Å²) in [5, 5.41) is 3.40. The van der Waals surface area contributed by atoms with Gasteiger partial charge in [-0.3, -0.25) is 9.59 Å². The molecule has 0 bridgehead atoms. The van der Waals surface area contributed by atoms with Crippen LogP contribution in [0.4, 0.5) is 5.69 Å². The molecule has 4 aliphatic heterocycles. The molecular formula is C19H23N3O3. The average Bonchev–Trinajstić information content (AvgIpc) is 3.13. The number of nitrogens with zero attached hydrogens (tertiary/aromatic N) is 2. The van der Waals surface area contributed by atoms with Gasteiger partial charge in [-0.2, -0.15) is 0 Å². The molecule has 3 fully saturated rings. The van der Waals surface area contributed by atoms with Crippen LogP contribution in [0, 0.1) is 0 Å². The maximum atomic E-state index is 13.3. The van der Waals surface area contributed by atoms with Crippen LogP contribution in [-0.4, -0.2) is 59.6 Å². The minimum atomic E-state index is -0.576. The molecule has 132 valence electrons. The summed E-state index contributed by atoms with van der Waals surface area (Å²) < 4.78 is 6.11. The fraction of sp³-hybridized carbons (Fsp3) is 0.579. The molecule has 1 N–H and O–H groups in total. The molecule has 25 heavy (non-hydrogen) atoms. The number of nitrogens with one attached hydrogen (secondary N) is 1. The van der Waals surface area contributed by atoms with Crippen LogP contribution in [0.3, 0.4) is 0 Å². The van der Waals surface area contributed by atoms with Crippen molar-refractivity contribution < 1.29 is 14.3 Å². The highest BCUT2D eigenvalue weighted by molar-refractivity contribution is 6.01. The Kier molecular flexibility index (Phi) is 3.32. The molecule has 0 radical (unpaired) electrons. The fourth-order valence-corrected chi connectivity index (χ4v) is 5.04. The summed E-state index contributed by atoms with van der Waals surface area (Å²) in [5.41, 5.74) is 2.35. The van der Waals surface area contributed by atoms with Crippen molar-refractivity contribution in [2.24, 2.45) is 0 Å². The summed E-state index contributed by atoms with van der Waals surface area (Å²) in [6.07, 6.45) is 4.08. The molecule has 0 aliphatic carbocycles. The average molecular weight is 341 g/mol. The third kappa shape index (κ3) is 2.06. The van der Waals surface area contributed by atoms with Crippen molar-refractivity contribution in [3.05, 3.63) is 29.3 Å². The lowest BCUT2D eigenvalue weighted by Gasteiger charge is -2.42. The zero-order valence-electron chi connectivity index (χ0n) is 14.3. The SMILES string of the molecule is O=C(c1cccc2c1NCCC2)N1CC[C@@]23OCCCN2C(=O)C[C@@H]13. The Labute approximate surface area is 147 Å². The lowest BCUT2D eigenvalue weighted by atomic mass is 9.98. The molecule has 4 heterocycles. The van der Waals surface area contributed by atoms with Gasteiger partial charge in [0.1, 0.15) is 0 Å². The minimum Gasteiger partial charge on any atom is -0.384 e. The number of ether oxygens (including phenoxy) is 1. The van der Waals surface area contributed by atoms with E-state index in [1.807, 2.05) is 21.9 Å². The van der Waals surface area contributed by atoms with Crippen molar-refractivity contribution in [2.45, 2.75) is 43.9 Å². The standard InChI is InChI=1S/C19H23N3O3/c23-16-12-15-19(22(16)9-3-11-25-19)7-10-21(15)18(24)14-6-1-4-13-5-2-8-20-17(13)14/h1,4,6,15,20H,2-3,5,7-12H2/t15-,19+/m1/s1. The van der Waals surface area contributed by atoms with Crippen LogP contribution in [0.5, 0.6) is 0 Å². The van der Waals surface area contributed by atoms with Crippen LogP contribution >= 0.6 is 0 Å². The zero-order valence-corrected chi connectivity index (χ0v) is 14.3. The van der Waals surface area contributed by atoms with E-state index in [9.17, 15) is 9.59 Å². The lowest BCUT2D eigenvalue weighted by Crippen LogP contribution is -2.56. The Morgan fingerprint density at radius 3 is 3.12 bits per heavy atom. The Morgan fingerprint density at radius 1 is 1.28 bits per heavy atom. The van der Waals surface area contributed by atoms with E-state index in [1.165, 1.54) is 5.56 Å². The van der Waals surface area contributed by atoms with E-state index in [0.29, 0.717) is 19.6 Å². The Bertz CT molecular complexity index is 749. The van der Waals surface area contributed by atoms with E-state index in [-0.39, 0.29) is 17.9 Å². The van der Waals surface area contributed by atoms with Gasteiger partial charge in [0.2, 0.25) is 5.91 Å². The molecule has 3 saturated heterocycles. The van der Waals surface area contributed by atoms with Gasteiger partial charge in [0.15, 0.2) is 5.72 Å². The number of hydrogen-bond donors (Lipinski definition) is 1. The van der Waals surface area contributed by atoms with Gasteiger partial charge in [0, 0.05) is 26.1 Å². The van der Waals surface area contributed by atoms with E-state index >= 15 is 0 Å². The quantitative estimate of drug-likeness (QED) is 0.843. The predicted molar refractivity (Wildman–Crippen MR) is 92.3 cm³/mol. The van der Waals surface area contributed by atoms with E-state index in [1.54, 1.807) is 0 Å². The number of aryl methyl sites for hydroxylation is 1. The van der Waals surface area contributed by atoms with Crippen molar-refractivity contribution in [1.82, 2.24) is 9.80 Å². The van der Waals surface area contributed by atoms with E-state index in [0.717, 1.165) is 50.0 Å². The highest BCUT2D eigenvalue weighted by Gasteiger charge is 2.61. The third-order valence-corrected chi connectivity index (χ3v) is 6.18. The number of para-hydroxylation sites is 1. The number of amides is 2. The molecule has 5 rings (SSSR count). The van der Waals surface area contributed by atoms with Crippen LogP contribution < -0.4 is 5.32 Å².